The van der Waals surface area contributed by atoms with Gasteiger partial charge in [0.2, 0.25) is 5.95 Å². The molecule has 0 aliphatic rings. The molecule has 12 heavy (non-hydrogen) atoms. The molecule has 0 unspecified atom stereocenters. The second-order valence-corrected chi connectivity index (χ2v) is 2.70. The summed E-state index contributed by atoms with van der Waals surface area (Å²) < 4.78 is 0. The number of carbonyl (C=O) groups is 1. The summed E-state index contributed by atoms with van der Waals surface area (Å²) in [7, 11) is 0. The molecule has 2 N–H and O–H groups in total. The Bertz CT molecular complexity index is 333. The minimum absolute atomic E-state index is 0.0790. The number of rotatable bonds is 1. The molecule has 0 aliphatic heterocycles. The van der Waals surface area contributed by atoms with Crippen molar-refractivity contribution in [3.8, 4) is 0 Å². The number of ketones is 1. The van der Waals surface area contributed by atoms with Gasteiger partial charge in [0, 0.05) is 12.6 Å². The van der Waals surface area contributed by atoms with Crippen molar-refractivity contribution in [2.75, 3.05) is 5.73 Å². The number of nitrogens with two attached hydrogens (primary N) is 1. The van der Waals surface area contributed by atoms with Gasteiger partial charge in [0.05, 0.1) is 0 Å². The number of nitrogen functional groups attached to an aromatic ring is 1. The first-order chi connectivity index (χ1) is 5.52. The number of carbonyl (C=O) groups excluding carboxylic acids is 1. The molecule has 0 saturated carbocycles. The summed E-state index contributed by atoms with van der Waals surface area (Å²) in [6, 6.07) is 0. The molecule has 1 heterocycles. The zero-order chi connectivity index (χ0) is 9.30. The largest absolute Gasteiger partial charge is 0.368 e. The summed E-state index contributed by atoms with van der Waals surface area (Å²) in [5.74, 6) is 0.0769. The first-order valence-electron chi connectivity index (χ1n) is 3.64. The Labute approximate surface area is 70.8 Å². The smallest absolute Gasteiger partial charge is 0.220 e. The monoisotopic (exact) mass is 165 g/mol. The molecule has 4 nitrogen and oxygen atoms in total. The van der Waals surface area contributed by atoms with Gasteiger partial charge in [-0.2, -0.15) is 0 Å². The molecule has 0 fully saturated rings. The van der Waals surface area contributed by atoms with Crippen molar-refractivity contribution < 1.29 is 4.79 Å². The maximum atomic E-state index is 11.0. The summed E-state index contributed by atoms with van der Waals surface area (Å²) in [4.78, 5) is 18.8. The number of Topliss-reactive ketones (excluding diaryl/α,β-unsaturated/α-hetero) is 1. The van der Waals surface area contributed by atoms with E-state index in [1.54, 1.807) is 6.92 Å². The molecule has 1 rings (SSSR count). The molecule has 0 saturated heterocycles. The Morgan fingerprint density at radius 2 is 1.92 bits per heavy atom. The summed E-state index contributed by atoms with van der Waals surface area (Å²) >= 11 is 0. The fraction of sp³-hybridized carbons (Fsp3) is 0.375. The number of hydrogen-bond donors (Lipinski definition) is 1. The number of nitrogens with zero attached hydrogens (tertiary/aromatic N) is 2. The fourth-order valence-corrected chi connectivity index (χ4v) is 0.993. The van der Waals surface area contributed by atoms with E-state index in [-0.39, 0.29) is 11.7 Å². The van der Waals surface area contributed by atoms with Crippen LogP contribution in [0.25, 0.3) is 0 Å². The van der Waals surface area contributed by atoms with E-state index >= 15 is 0 Å². The average Bonchev–Trinajstić information content (AvgIpc) is 1.96. The second kappa shape index (κ2) is 2.89. The molecule has 0 amide bonds. The standard InChI is InChI=1S/C8H11N3O/c1-4-5(2)10-8(9)11-7(4)6(3)12/h1-3H3,(H2,9,10,11). The van der Waals surface area contributed by atoms with E-state index in [4.69, 9.17) is 5.73 Å². The van der Waals surface area contributed by atoms with Gasteiger partial charge in [0.25, 0.3) is 0 Å². The lowest BCUT2D eigenvalue weighted by molar-refractivity contribution is 0.101. The second-order valence-electron chi connectivity index (χ2n) is 2.70. The van der Waals surface area contributed by atoms with Gasteiger partial charge in [-0.25, -0.2) is 9.97 Å². The SMILES string of the molecule is CC(=O)c1nc(N)nc(C)c1C. The highest BCUT2D eigenvalue weighted by Crippen LogP contribution is 2.10. The Balaban J connectivity index is 3.37. The summed E-state index contributed by atoms with van der Waals surface area (Å²) in [6.45, 7) is 5.08. The van der Waals surface area contributed by atoms with Crippen LogP contribution in [0.5, 0.6) is 0 Å². The van der Waals surface area contributed by atoms with E-state index in [1.807, 2.05) is 6.92 Å². The fourth-order valence-electron chi connectivity index (χ4n) is 0.993. The molecular weight excluding hydrogens is 154 g/mol. The highest BCUT2D eigenvalue weighted by atomic mass is 16.1. The first kappa shape index (κ1) is 8.64. The zero-order valence-corrected chi connectivity index (χ0v) is 7.38. The Morgan fingerprint density at radius 3 is 2.42 bits per heavy atom. The van der Waals surface area contributed by atoms with Crippen LogP contribution in [0.1, 0.15) is 28.7 Å². The normalized spacial score (nSPS) is 9.92. The molecule has 0 aromatic carbocycles. The molecular formula is C8H11N3O. The molecule has 0 bridgehead atoms. The molecule has 64 valence electrons. The topological polar surface area (TPSA) is 68.9 Å². The van der Waals surface area contributed by atoms with Crippen molar-refractivity contribution in [2.24, 2.45) is 0 Å². The lowest BCUT2D eigenvalue weighted by Crippen LogP contribution is -2.07. The molecule has 4 heteroatoms. The molecule has 0 aliphatic carbocycles. The molecule has 1 aromatic heterocycles. The first-order valence-corrected chi connectivity index (χ1v) is 3.64. The molecule has 1 aromatic rings. The van der Waals surface area contributed by atoms with Crippen LogP contribution in [0.4, 0.5) is 5.95 Å². The van der Waals surface area contributed by atoms with Gasteiger partial charge in [-0.15, -0.1) is 0 Å². The van der Waals surface area contributed by atoms with Crippen LogP contribution < -0.4 is 5.73 Å². The van der Waals surface area contributed by atoms with E-state index in [9.17, 15) is 4.79 Å². The molecule has 0 atom stereocenters. The van der Waals surface area contributed by atoms with Gasteiger partial charge in [-0.1, -0.05) is 0 Å². The number of hydrogen-bond acceptors (Lipinski definition) is 4. The van der Waals surface area contributed by atoms with E-state index in [1.165, 1.54) is 6.92 Å². The summed E-state index contributed by atoms with van der Waals surface area (Å²) in [6.07, 6.45) is 0. The Hall–Kier alpha value is -1.45. The van der Waals surface area contributed by atoms with Gasteiger partial charge in [0.1, 0.15) is 5.69 Å². The van der Waals surface area contributed by atoms with E-state index in [0.717, 1.165) is 11.3 Å². The quantitative estimate of drug-likeness (QED) is 0.627. The van der Waals surface area contributed by atoms with Crippen LogP contribution in [0.3, 0.4) is 0 Å². The van der Waals surface area contributed by atoms with Crippen LogP contribution >= 0.6 is 0 Å². The van der Waals surface area contributed by atoms with Crippen molar-refractivity contribution in [1.82, 2.24) is 9.97 Å². The third kappa shape index (κ3) is 1.42. The van der Waals surface area contributed by atoms with Crippen LogP contribution in [-0.2, 0) is 0 Å². The molecule has 0 radical (unpaired) electrons. The van der Waals surface area contributed by atoms with Crippen LogP contribution in [-0.4, -0.2) is 15.8 Å². The van der Waals surface area contributed by atoms with Crippen LogP contribution in [0.15, 0.2) is 0 Å². The van der Waals surface area contributed by atoms with Gasteiger partial charge in [-0.3, -0.25) is 4.79 Å². The van der Waals surface area contributed by atoms with E-state index in [2.05, 4.69) is 9.97 Å². The van der Waals surface area contributed by atoms with Crippen molar-refractivity contribution in [1.29, 1.82) is 0 Å². The van der Waals surface area contributed by atoms with E-state index in [0.29, 0.717) is 5.69 Å². The number of aromatic nitrogens is 2. The third-order valence-electron chi connectivity index (χ3n) is 1.74. The minimum atomic E-state index is -0.0790. The Morgan fingerprint density at radius 1 is 1.33 bits per heavy atom. The van der Waals surface area contributed by atoms with Crippen molar-refractivity contribution >= 4 is 11.7 Å². The highest BCUT2D eigenvalue weighted by molar-refractivity contribution is 5.93. The third-order valence-corrected chi connectivity index (χ3v) is 1.74. The van der Waals surface area contributed by atoms with Crippen molar-refractivity contribution in [3.05, 3.63) is 17.0 Å². The predicted molar refractivity (Wildman–Crippen MR) is 45.9 cm³/mol. The van der Waals surface area contributed by atoms with Crippen LogP contribution in [0, 0.1) is 13.8 Å². The summed E-state index contributed by atoms with van der Waals surface area (Å²) in [5, 5.41) is 0. The van der Waals surface area contributed by atoms with Crippen LogP contribution in [0.2, 0.25) is 0 Å². The van der Waals surface area contributed by atoms with E-state index < -0.39 is 0 Å². The van der Waals surface area contributed by atoms with Gasteiger partial charge < -0.3 is 5.73 Å². The van der Waals surface area contributed by atoms with Crippen molar-refractivity contribution in [2.45, 2.75) is 20.8 Å². The van der Waals surface area contributed by atoms with Gasteiger partial charge >= 0.3 is 0 Å². The van der Waals surface area contributed by atoms with Gasteiger partial charge in [-0.05, 0) is 19.4 Å². The van der Waals surface area contributed by atoms with Gasteiger partial charge in [0.15, 0.2) is 5.78 Å². The van der Waals surface area contributed by atoms with Crippen molar-refractivity contribution in [3.63, 3.8) is 0 Å². The lowest BCUT2D eigenvalue weighted by Gasteiger charge is -2.04. The minimum Gasteiger partial charge on any atom is -0.368 e. The lowest BCUT2D eigenvalue weighted by atomic mass is 10.1. The maximum Gasteiger partial charge on any atom is 0.220 e. The molecule has 0 spiro atoms. The average molecular weight is 165 g/mol. The Kier molecular flexibility index (Phi) is 2.08. The highest BCUT2D eigenvalue weighted by Gasteiger charge is 2.09. The number of anilines is 1. The summed E-state index contributed by atoms with van der Waals surface area (Å²) in [5.41, 5.74) is 7.37. The predicted octanol–water partition coefficient (Wildman–Crippen LogP) is 0.878. The zero-order valence-electron chi connectivity index (χ0n) is 7.38. The number of aryl methyl sites for hydroxylation is 1. The maximum absolute atomic E-state index is 11.0.